The Morgan fingerprint density at radius 2 is 1.93 bits per heavy atom. The summed E-state index contributed by atoms with van der Waals surface area (Å²) < 4.78 is 12.6. The number of nitrogens with one attached hydrogen (secondary N) is 2. The van der Waals surface area contributed by atoms with E-state index >= 15 is 0 Å². The number of hydrogen-bond donors (Lipinski definition) is 2. The number of piperidine rings is 1. The van der Waals surface area contributed by atoms with Gasteiger partial charge >= 0.3 is 0 Å². The maximum Gasteiger partial charge on any atom is 0.260 e. The van der Waals surface area contributed by atoms with Crippen LogP contribution in [-0.4, -0.2) is 48.9 Å². The predicted octanol–water partition coefficient (Wildman–Crippen LogP) is 3.10. The number of rotatable bonds is 5. The van der Waals surface area contributed by atoms with E-state index in [1.54, 1.807) is 43.1 Å². The normalized spacial score (nSPS) is 14.7. The number of benzene rings is 1. The lowest BCUT2D eigenvalue weighted by molar-refractivity contribution is 0.368. The molecule has 8 nitrogen and oxygen atoms in total. The van der Waals surface area contributed by atoms with Crippen molar-refractivity contribution in [1.82, 2.24) is 19.9 Å². The van der Waals surface area contributed by atoms with E-state index in [0.717, 1.165) is 31.3 Å². The molecule has 30 heavy (non-hydrogen) atoms. The standard InChI is InChI=1S/C21H24ClN5O3/c1-23-21-25-11-12-8-16(15-9-14(29-2)10-17(30-3)18(15)22)20(28)27(19(12)26-21)13-4-6-24-7-5-13/h8-11,13,24H,4-7H2,1-3H3,(H,23,25,26). The highest BCUT2D eigenvalue weighted by molar-refractivity contribution is 6.35. The molecule has 0 atom stereocenters. The summed E-state index contributed by atoms with van der Waals surface area (Å²) in [4.78, 5) is 22.7. The van der Waals surface area contributed by atoms with E-state index in [9.17, 15) is 4.79 Å². The lowest BCUT2D eigenvalue weighted by atomic mass is 10.0. The van der Waals surface area contributed by atoms with Crippen LogP contribution in [-0.2, 0) is 0 Å². The van der Waals surface area contributed by atoms with Crippen LogP contribution in [0, 0.1) is 0 Å². The van der Waals surface area contributed by atoms with E-state index in [4.69, 9.17) is 21.1 Å². The van der Waals surface area contributed by atoms with Gasteiger partial charge in [0.25, 0.3) is 5.56 Å². The first kappa shape index (κ1) is 20.4. The second kappa shape index (κ2) is 8.49. The average Bonchev–Trinajstić information content (AvgIpc) is 2.79. The van der Waals surface area contributed by atoms with Gasteiger partial charge in [-0.1, -0.05) is 11.6 Å². The molecule has 0 saturated carbocycles. The summed E-state index contributed by atoms with van der Waals surface area (Å²) in [5.41, 5.74) is 1.48. The van der Waals surface area contributed by atoms with Crippen LogP contribution in [0.15, 0.2) is 29.2 Å². The highest BCUT2D eigenvalue weighted by Crippen LogP contribution is 2.39. The van der Waals surface area contributed by atoms with Crippen LogP contribution in [0.5, 0.6) is 11.5 Å². The van der Waals surface area contributed by atoms with Gasteiger partial charge in [-0.25, -0.2) is 4.98 Å². The summed E-state index contributed by atoms with van der Waals surface area (Å²) in [5.74, 6) is 1.47. The lowest BCUT2D eigenvalue weighted by Gasteiger charge is -2.26. The Kier molecular flexibility index (Phi) is 5.78. The largest absolute Gasteiger partial charge is 0.497 e. The third-order valence-corrected chi connectivity index (χ3v) is 5.82. The molecule has 1 aliphatic heterocycles. The SMILES string of the molecule is CNc1ncc2cc(-c3cc(OC)cc(OC)c3Cl)c(=O)n(C3CCNCC3)c2n1. The summed E-state index contributed by atoms with van der Waals surface area (Å²) in [6, 6.07) is 5.27. The minimum Gasteiger partial charge on any atom is -0.497 e. The van der Waals surface area contributed by atoms with E-state index < -0.39 is 0 Å². The second-order valence-electron chi connectivity index (χ2n) is 7.13. The number of halogens is 1. The number of fused-ring (bicyclic) bond motifs is 1. The Balaban J connectivity index is 2.03. The number of anilines is 1. The summed E-state index contributed by atoms with van der Waals surface area (Å²) in [5, 5.41) is 7.42. The Morgan fingerprint density at radius 3 is 2.60 bits per heavy atom. The van der Waals surface area contributed by atoms with E-state index in [-0.39, 0.29) is 11.6 Å². The molecule has 3 heterocycles. The first-order valence-corrected chi connectivity index (χ1v) is 10.2. The molecule has 0 bridgehead atoms. The maximum atomic E-state index is 13.8. The Hall–Kier alpha value is -2.84. The van der Waals surface area contributed by atoms with Crippen LogP contribution in [0.2, 0.25) is 5.02 Å². The Labute approximate surface area is 179 Å². The van der Waals surface area contributed by atoms with E-state index in [2.05, 4.69) is 20.6 Å². The zero-order valence-corrected chi connectivity index (χ0v) is 17.9. The van der Waals surface area contributed by atoms with Crippen molar-refractivity contribution >= 4 is 28.6 Å². The van der Waals surface area contributed by atoms with Gasteiger partial charge in [-0.05, 0) is 38.1 Å². The molecule has 0 radical (unpaired) electrons. The number of pyridine rings is 1. The van der Waals surface area contributed by atoms with Crippen LogP contribution in [0.4, 0.5) is 5.95 Å². The molecule has 3 aromatic rings. The van der Waals surface area contributed by atoms with Crippen LogP contribution in [0.25, 0.3) is 22.2 Å². The molecular weight excluding hydrogens is 406 g/mol. The van der Waals surface area contributed by atoms with Gasteiger partial charge in [-0.15, -0.1) is 0 Å². The zero-order chi connectivity index (χ0) is 21.3. The van der Waals surface area contributed by atoms with Gasteiger partial charge in [0.2, 0.25) is 5.95 Å². The summed E-state index contributed by atoms with van der Waals surface area (Å²) >= 11 is 6.60. The van der Waals surface area contributed by atoms with Crippen LogP contribution >= 0.6 is 11.6 Å². The molecule has 1 saturated heterocycles. The van der Waals surface area contributed by atoms with E-state index in [0.29, 0.717) is 39.2 Å². The van der Waals surface area contributed by atoms with E-state index in [1.807, 2.05) is 0 Å². The van der Waals surface area contributed by atoms with Crippen molar-refractivity contribution < 1.29 is 9.47 Å². The van der Waals surface area contributed by atoms with Gasteiger partial charge in [0, 0.05) is 41.9 Å². The fraction of sp³-hybridized carbons (Fsp3) is 0.381. The molecule has 158 valence electrons. The predicted molar refractivity (Wildman–Crippen MR) is 118 cm³/mol. The molecule has 0 unspecified atom stereocenters. The van der Waals surface area contributed by atoms with Gasteiger partial charge in [0.15, 0.2) is 0 Å². The molecule has 9 heteroatoms. The highest BCUT2D eigenvalue weighted by Gasteiger charge is 2.24. The van der Waals surface area contributed by atoms with Crippen LogP contribution < -0.4 is 25.7 Å². The van der Waals surface area contributed by atoms with Gasteiger partial charge in [-0.3, -0.25) is 9.36 Å². The Morgan fingerprint density at radius 1 is 1.17 bits per heavy atom. The first-order chi connectivity index (χ1) is 14.6. The van der Waals surface area contributed by atoms with Gasteiger partial charge in [0.1, 0.15) is 17.1 Å². The van der Waals surface area contributed by atoms with Gasteiger partial charge in [0.05, 0.1) is 19.2 Å². The van der Waals surface area contributed by atoms with Crippen molar-refractivity contribution in [3.63, 3.8) is 0 Å². The van der Waals surface area contributed by atoms with Crippen molar-refractivity contribution in [1.29, 1.82) is 0 Å². The fourth-order valence-corrected chi connectivity index (χ4v) is 4.16. The quantitative estimate of drug-likeness (QED) is 0.644. The summed E-state index contributed by atoms with van der Waals surface area (Å²) in [7, 11) is 4.85. The number of ether oxygens (including phenoxy) is 2. The average molecular weight is 430 g/mol. The molecule has 1 aromatic carbocycles. The molecule has 0 amide bonds. The highest BCUT2D eigenvalue weighted by atomic mass is 35.5. The van der Waals surface area contributed by atoms with Gasteiger partial charge < -0.3 is 20.1 Å². The molecule has 0 spiro atoms. The lowest BCUT2D eigenvalue weighted by Crippen LogP contribution is -2.35. The number of hydrogen-bond acceptors (Lipinski definition) is 7. The van der Waals surface area contributed by atoms with Crippen LogP contribution in [0.3, 0.4) is 0 Å². The molecule has 4 rings (SSSR count). The molecule has 0 aliphatic carbocycles. The summed E-state index contributed by atoms with van der Waals surface area (Å²) in [6.45, 7) is 1.70. The fourth-order valence-electron chi connectivity index (χ4n) is 3.87. The van der Waals surface area contributed by atoms with Crippen molar-refractivity contribution in [2.45, 2.75) is 18.9 Å². The van der Waals surface area contributed by atoms with Crippen molar-refractivity contribution in [3.8, 4) is 22.6 Å². The zero-order valence-electron chi connectivity index (χ0n) is 17.2. The van der Waals surface area contributed by atoms with Crippen molar-refractivity contribution in [3.05, 3.63) is 39.8 Å². The second-order valence-corrected chi connectivity index (χ2v) is 7.51. The van der Waals surface area contributed by atoms with Crippen molar-refractivity contribution in [2.75, 3.05) is 39.7 Å². The molecule has 2 aromatic heterocycles. The molecule has 2 N–H and O–H groups in total. The number of nitrogens with zero attached hydrogens (tertiary/aromatic N) is 3. The minimum atomic E-state index is -0.146. The third-order valence-electron chi connectivity index (χ3n) is 5.43. The number of methoxy groups -OCH3 is 2. The maximum absolute atomic E-state index is 13.8. The Bertz CT molecular complexity index is 1140. The smallest absolute Gasteiger partial charge is 0.260 e. The monoisotopic (exact) mass is 429 g/mol. The minimum absolute atomic E-state index is 0.0343. The van der Waals surface area contributed by atoms with Gasteiger partial charge in [-0.2, -0.15) is 4.98 Å². The first-order valence-electron chi connectivity index (χ1n) is 9.80. The molecular formula is C21H24ClN5O3. The van der Waals surface area contributed by atoms with Crippen molar-refractivity contribution in [2.24, 2.45) is 0 Å². The van der Waals surface area contributed by atoms with E-state index in [1.165, 1.54) is 7.11 Å². The molecule has 1 aliphatic rings. The summed E-state index contributed by atoms with van der Waals surface area (Å²) in [6.07, 6.45) is 3.40. The topological polar surface area (TPSA) is 90.3 Å². The molecule has 1 fully saturated rings. The third kappa shape index (κ3) is 3.57. The van der Waals surface area contributed by atoms with Crippen LogP contribution in [0.1, 0.15) is 18.9 Å². The number of aromatic nitrogens is 3.